The Morgan fingerprint density at radius 3 is 3.07 bits per heavy atom. The molecule has 2 heterocycles. The van der Waals surface area contributed by atoms with Crippen molar-refractivity contribution in [2.24, 2.45) is 0 Å². The fraction of sp³-hybridized carbons (Fsp3) is 0.583. The van der Waals surface area contributed by atoms with Gasteiger partial charge in [-0.15, -0.1) is 0 Å². The van der Waals surface area contributed by atoms with Crippen molar-refractivity contribution >= 4 is 0 Å². The van der Waals surface area contributed by atoms with Gasteiger partial charge in [0.1, 0.15) is 0 Å². The molecule has 1 aromatic heterocycles. The summed E-state index contributed by atoms with van der Waals surface area (Å²) in [5, 5.41) is 3.58. The minimum absolute atomic E-state index is 0.630. The van der Waals surface area contributed by atoms with Crippen molar-refractivity contribution in [2.75, 3.05) is 13.6 Å². The third kappa shape index (κ3) is 2.76. The number of rotatable bonds is 3. The molecule has 1 fully saturated rings. The highest BCUT2D eigenvalue weighted by molar-refractivity contribution is 5.08. The van der Waals surface area contributed by atoms with Gasteiger partial charge < -0.3 is 10.2 Å². The van der Waals surface area contributed by atoms with E-state index in [9.17, 15) is 0 Å². The summed E-state index contributed by atoms with van der Waals surface area (Å²) in [6.07, 6.45) is 4.99. The summed E-state index contributed by atoms with van der Waals surface area (Å²) < 4.78 is 0. The Hall–Kier alpha value is -0.930. The van der Waals surface area contributed by atoms with Crippen molar-refractivity contribution in [3.63, 3.8) is 0 Å². The van der Waals surface area contributed by atoms with Crippen molar-refractivity contribution in [2.45, 2.75) is 32.0 Å². The van der Waals surface area contributed by atoms with E-state index in [2.05, 4.69) is 35.2 Å². The molecule has 15 heavy (non-hydrogen) atoms. The van der Waals surface area contributed by atoms with E-state index in [4.69, 9.17) is 0 Å². The summed E-state index contributed by atoms with van der Waals surface area (Å²) in [4.78, 5) is 6.51. The van der Waals surface area contributed by atoms with E-state index in [1.807, 2.05) is 18.5 Å². The van der Waals surface area contributed by atoms with Gasteiger partial charge in [-0.25, -0.2) is 0 Å². The van der Waals surface area contributed by atoms with Crippen LogP contribution < -0.4 is 5.32 Å². The van der Waals surface area contributed by atoms with Crippen LogP contribution in [0.3, 0.4) is 0 Å². The van der Waals surface area contributed by atoms with Gasteiger partial charge in [-0.3, -0.25) is 4.98 Å². The second kappa shape index (κ2) is 4.73. The average Bonchev–Trinajstić information content (AvgIpc) is 2.57. The topological polar surface area (TPSA) is 28.2 Å². The first-order valence-electron chi connectivity index (χ1n) is 5.58. The predicted molar refractivity (Wildman–Crippen MR) is 61.6 cm³/mol. The molecule has 0 amide bonds. The Morgan fingerprint density at radius 2 is 2.47 bits per heavy atom. The molecule has 3 nitrogen and oxygen atoms in total. The van der Waals surface area contributed by atoms with E-state index < -0.39 is 0 Å². The highest BCUT2D eigenvalue weighted by Crippen LogP contribution is 2.15. The highest BCUT2D eigenvalue weighted by Gasteiger charge is 2.25. The van der Waals surface area contributed by atoms with E-state index in [1.165, 1.54) is 12.0 Å². The first-order valence-corrected chi connectivity index (χ1v) is 5.58. The maximum atomic E-state index is 4.11. The van der Waals surface area contributed by atoms with Crippen molar-refractivity contribution < 1.29 is 0 Å². The number of nitrogens with zero attached hydrogens (tertiary/aromatic N) is 2. The van der Waals surface area contributed by atoms with E-state index in [1.54, 1.807) is 0 Å². The zero-order valence-corrected chi connectivity index (χ0v) is 9.48. The maximum absolute atomic E-state index is 4.11. The molecule has 0 aromatic carbocycles. The lowest BCUT2D eigenvalue weighted by Crippen LogP contribution is -2.31. The van der Waals surface area contributed by atoms with E-state index in [0.29, 0.717) is 12.1 Å². The molecule has 0 bridgehead atoms. The lowest BCUT2D eigenvalue weighted by Gasteiger charge is -2.13. The second-order valence-electron chi connectivity index (χ2n) is 4.46. The van der Waals surface area contributed by atoms with Crippen molar-refractivity contribution in [3.8, 4) is 0 Å². The van der Waals surface area contributed by atoms with Crippen LogP contribution in [-0.4, -0.2) is 35.6 Å². The maximum Gasteiger partial charge on any atom is 0.0312 e. The SMILES string of the molecule is CC1CC(NCc2cccnc2)CN1C. The van der Waals surface area contributed by atoms with Gasteiger partial charge in [-0.05, 0) is 32.0 Å². The van der Waals surface area contributed by atoms with Crippen LogP contribution in [0.2, 0.25) is 0 Å². The molecule has 2 rings (SSSR count). The van der Waals surface area contributed by atoms with E-state index in [-0.39, 0.29) is 0 Å². The first kappa shape index (κ1) is 10.6. The monoisotopic (exact) mass is 205 g/mol. The third-order valence-corrected chi connectivity index (χ3v) is 3.20. The summed E-state index contributed by atoms with van der Waals surface area (Å²) in [6, 6.07) is 5.43. The molecule has 2 unspecified atom stereocenters. The summed E-state index contributed by atoms with van der Waals surface area (Å²) in [5.41, 5.74) is 1.26. The van der Waals surface area contributed by atoms with Crippen LogP contribution in [0.5, 0.6) is 0 Å². The number of likely N-dealkylation sites (N-methyl/N-ethyl adjacent to an activating group) is 1. The van der Waals surface area contributed by atoms with Gasteiger partial charge in [0.25, 0.3) is 0 Å². The Morgan fingerprint density at radius 1 is 1.60 bits per heavy atom. The molecule has 0 saturated carbocycles. The van der Waals surface area contributed by atoms with Crippen molar-refractivity contribution in [1.82, 2.24) is 15.2 Å². The number of hydrogen-bond donors (Lipinski definition) is 1. The minimum atomic E-state index is 0.630. The van der Waals surface area contributed by atoms with E-state index >= 15 is 0 Å². The number of nitrogens with one attached hydrogen (secondary N) is 1. The standard InChI is InChI=1S/C12H19N3/c1-10-6-12(9-15(10)2)14-8-11-4-3-5-13-7-11/h3-5,7,10,12,14H,6,8-9H2,1-2H3. The Kier molecular flexibility index (Phi) is 3.34. The quantitative estimate of drug-likeness (QED) is 0.805. The van der Waals surface area contributed by atoms with Crippen LogP contribution in [-0.2, 0) is 6.54 Å². The molecule has 0 aliphatic carbocycles. The zero-order chi connectivity index (χ0) is 10.7. The predicted octanol–water partition coefficient (Wildman–Crippen LogP) is 1.26. The summed E-state index contributed by atoms with van der Waals surface area (Å²) in [7, 11) is 2.19. The number of aromatic nitrogens is 1. The van der Waals surface area contributed by atoms with Crippen molar-refractivity contribution in [3.05, 3.63) is 30.1 Å². The molecule has 1 N–H and O–H groups in total. The number of likely N-dealkylation sites (tertiary alicyclic amines) is 1. The molecule has 1 aromatic rings. The fourth-order valence-corrected chi connectivity index (χ4v) is 2.11. The van der Waals surface area contributed by atoms with Gasteiger partial charge in [0, 0.05) is 37.6 Å². The largest absolute Gasteiger partial charge is 0.309 e. The van der Waals surface area contributed by atoms with E-state index in [0.717, 1.165) is 13.1 Å². The molecular formula is C12H19N3. The smallest absolute Gasteiger partial charge is 0.0312 e. The van der Waals surface area contributed by atoms with Gasteiger partial charge in [0.2, 0.25) is 0 Å². The number of pyridine rings is 1. The summed E-state index contributed by atoms with van der Waals surface area (Å²) in [5.74, 6) is 0. The van der Waals surface area contributed by atoms with Crippen LogP contribution in [0.1, 0.15) is 18.9 Å². The molecule has 82 valence electrons. The molecule has 1 aliphatic heterocycles. The Labute approximate surface area is 91.5 Å². The number of hydrogen-bond acceptors (Lipinski definition) is 3. The fourth-order valence-electron chi connectivity index (χ4n) is 2.11. The van der Waals surface area contributed by atoms with Gasteiger partial charge in [-0.2, -0.15) is 0 Å². The second-order valence-corrected chi connectivity index (χ2v) is 4.46. The van der Waals surface area contributed by atoms with Crippen LogP contribution in [0.4, 0.5) is 0 Å². The first-order chi connectivity index (χ1) is 7.25. The normalized spacial score (nSPS) is 27.1. The molecule has 3 heteroatoms. The van der Waals surface area contributed by atoms with Crippen LogP contribution in [0.25, 0.3) is 0 Å². The molecule has 0 spiro atoms. The van der Waals surface area contributed by atoms with Gasteiger partial charge >= 0.3 is 0 Å². The molecule has 1 saturated heterocycles. The average molecular weight is 205 g/mol. The lowest BCUT2D eigenvalue weighted by molar-refractivity contribution is 0.326. The Balaban J connectivity index is 1.80. The molecule has 2 atom stereocenters. The van der Waals surface area contributed by atoms with Gasteiger partial charge in [-0.1, -0.05) is 6.07 Å². The Bertz CT molecular complexity index is 289. The lowest BCUT2D eigenvalue weighted by atomic mass is 10.2. The molecule has 1 aliphatic rings. The van der Waals surface area contributed by atoms with Crippen molar-refractivity contribution in [1.29, 1.82) is 0 Å². The van der Waals surface area contributed by atoms with Gasteiger partial charge in [0.15, 0.2) is 0 Å². The summed E-state index contributed by atoms with van der Waals surface area (Å²) >= 11 is 0. The molecule has 0 radical (unpaired) electrons. The zero-order valence-electron chi connectivity index (χ0n) is 9.48. The highest BCUT2D eigenvalue weighted by atomic mass is 15.2. The minimum Gasteiger partial charge on any atom is -0.309 e. The van der Waals surface area contributed by atoms with Gasteiger partial charge in [0.05, 0.1) is 0 Å². The summed E-state index contributed by atoms with van der Waals surface area (Å²) in [6.45, 7) is 4.37. The third-order valence-electron chi connectivity index (χ3n) is 3.20. The molecular weight excluding hydrogens is 186 g/mol. The van der Waals surface area contributed by atoms with Crippen LogP contribution in [0, 0.1) is 0 Å². The van der Waals surface area contributed by atoms with Crippen LogP contribution in [0.15, 0.2) is 24.5 Å². The van der Waals surface area contributed by atoms with Crippen LogP contribution >= 0.6 is 0 Å².